The zero-order valence-electron chi connectivity index (χ0n) is 7.31. The number of nitrogens with zero attached hydrogens (tertiary/aromatic N) is 1. The van der Waals surface area contributed by atoms with Crippen molar-refractivity contribution in [2.75, 3.05) is 0 Å². The number of halogens is 4. The maximum Gasteiger partial charge on any atom is 0.453 e. The first kappa shape index (κ1) is 10.5. The summed E-state index contributed by atoms with van der Waals surface area (Å²) < 4.78 is 41.7. The molecular weight excluding hydrogens is 275 g/mol. The first-order valence-electron chi connectivity index (χ1n) is 4.04. The summed E-state index contributed by atoms with van der Waals surface area (Å²) >= 11 is 3.18. The van der Waals surface area contributed by atoms with Crippen molar-refractivity contribution in [2.45, 2.75) is 11.5 Å². The summed E-state index contributed by atoms with van der Waals surface area (Å²) in [7, 11) is 0. The fourth-order valence-corrected chi connectivity index (χ4v) is 1.79. The Morgan fingerprint density at radius 2 is 2.07 bits per heavy atom. The molecule has 2 aromatic rings. The molecule has 1 aromatic heterocycles. The van der Waals surface area contributed by atoms with E-state index in [1.54, 1.807) is 12.1 Å². The van der Waals surface area contributed by atoms with E-state index in [9.17, 15) is 13.2 Å². The van der Waals surface area contributed by atoms with Crippen LogP contribution in [0.2, 0.25) is 0 Å². The molecule has 0 saturated heterocycles. The third kappa shape index (κ3) is 1.73. The average Bonchev–Trinajstić information content (AvgIpc) is 2.59. The Morgan fingerprint density at radius 1 is 1.33 bits per heavy atom. The lowest BCUT2D eigenvalue weighted by Crippen LogP contribution is -2.03. The molecule has 0 aliphatic heterocycles. The minimum Gasteiger partial charge on any atom is -0.350 e. The van der Waals surface area contributed by atoms with E-state index in [-0.39, 0.29) is 10.9 Å². The Morgan fingerprint density at radius 3 is 2.67 bits per heavy atom. The van der Waals surface area contributed by atoms with E-state index < -0.39 is 11.9 Å². The molecule has 2 rings (SSSR count). The van der Waals surface area contributed by atoms with Gasteiger partial charge in [-0.05, 0) is 11.6 Å². The van der Waals surface area contributed by atoms with Crippen LogP contribution in [0.15, 0.2) is 22.7 Å². The molecule has 0 spiro atoms. The zero-order chi connectivity index (χ0) is 11.1. The van der Waals surface area contributed by atoms with E-state index >= 15 is 0 Å². The molecule has 1 heterocycles. The second kappa shape index (κ2) is 3.52. The minimum atomic E-state index is -4.50. The first-order valence-corrected chi connectivity index (χ1v) is 5.16. The summed E-state index contributed by atoms with van der Waals surface area (Å²) in [5, 5.41) is 3.87. The van der Waals surface area contributed by atoms with Crippen LogP contribution >= 0.6 is 15.9 Å². The number of hydrogen-bond acceptors (Lipinski definition) is 2. The van der Waals surface area contributed by atoms with Gasteiger partial charge >= 0.3 is 6.18 Å². The lowest BCUT2D eigenvalue weighted by atomic mass is 10.1. The summed E-state index contributed by atoms with van der Waals surface area (Å²) in [6.07, 6.45) is -4.50. The van der Waals surface area contributed by atoms with Gasteiger partial charge in [-0.1, -0.05) is 33.2 Å². The molecular formula is C9H5BrF3NO. The fourth-order valence-electron chi connectivity index (χ4n) is 1.34. The molecule has 0 amide bonds. The van der Waals surface area contributed by atoms with Gasteiger partial charge in [0.25, 0.3) is 0 Å². The van der Waals surface area contributed by atoms with Gasteiger partial charge in [0.15, 0.2) is 0 Å². The summed E-state index contributed by atoms with van der Waals surface area (Å²) in [6, 6.07) is 4.59. The number of fused-ring (bicyclic) bond motifs is 1. The topological polar surface area (TPSA) is 26.0 Å². The molecule has 0 bridgehead atoms. The number of hydrogen-bond donors (Lipinski definition) is 0. The standard InChI is InChI=1S/C9H5BrF3NO/c10-4-5-2-1-3-6-7(5)14-15-8(6)9(11,12)13/h1-3H,4H2. The molecule has 0 unspecified atom stereocenters. The predicted octanol–water partition coefficient (Wildman–Crippen LogP) is 3.74. The quantitative estimate of drug-likeness (QED) is 0.744. The van der Waals surface area contributed by atoms with Crippen LogP contribution in [0.4, 0.5) is 13.2 Å². The Balaban J connectivity index is 2.72. The normalized spacial score (nSPS) is 12.3. The van der Waals surface area contributed by atoms with Crippen LogP contribution in [0.3, 0.4) is 0 Å². The van der Waals surface area contributed by atoms with E-state index in [4.69, 9.17) is 0 Å². The maximum absolute atomic E-state index is 12.4. The molecule has 15 heavy (non-hydrogen) atoms. The molecule has 0 fully saturated rings. The molecule has 2 nitrogen and oxygen atoms in total. The highest BCUT2D eigenvalue weighted by Crippen LogP contribution is 2.35. The molecule has 0 saturated carbocycles. The summed E-state index contributed by atoms with van der Waals surface area (Å²) in [4.78, 5) is 0. The van der Waals surface area contributed by atoms with E-state index in [1.165, 1.54) is 6.07 Å². The third-order valence-corrected chi connectivity index (χ3v) is 2.60. The second-order valence-corrected chi connectivity index (χ2v) is 3.52. The Kier molecular flexibility index (Phi) is 2.46. The average molecular weight is 280 g/mol. The lowest BCUT2D eigenvalue weighted by Gasteiger charge is -2.00. The van der Waals surface area contributed by atoms with Crippen molar-refractivity contribution in [1.82, 2.24) is 5.16 Å². The van der Waals surface area contributed by atoms with Gasteiger partial charge in [-0.15, -0.1) is 0 Å². The smallest absolute Gasteiger partial charge is 0.350 e. The van der Waals surface area contributed by atoms with E-state index in [2.05, 4.69) is 25.6 Å². The predicted molar refractivity (Wildman–Crippen MR) is 51.6 cm³/mol. The number of rotatable bonds is 1. The molecule has 1 aromatic carbocycles. The summed E-state index contributed by atoms with van der Waals surface area (Å²) in [6.45, 7) is 0. The third-order valence-electron chi connectivity index (χ3n) is 1.99. The van der Waals surface area contributed by atoms with Crippen LogP contribution in [-0.4, -0.2) is 5.16 Å². The summed E-state index contributed by atoms with van der Waals surface area (Å²) in [5.41, 5.74) is 0.924. The van der Waals surface area contributed by atoms with Gasteiger partial charge in [-0.2, -0.15) is 13.2 Å². The molecule has 0 aliphatic rings. The van der Waals surface area contributed by atoms with Crippen LogP contribution in [-0.2, 0) is 11.5 Å². The van der Waals surface area contributed by atoms with Crippen molar-refractivity contribution in [3.05, 3.63) is 29.5 Å². The van der Waals surface area contributed by atoms with Gasteiger partial charge in [-0.3, -0.25) is 0 Å². The monoisotopic (exact) mass is 279 g/mol. The minimum absolute atomic E-state index is 0.000509. The van der Waals surface area contributed by atoms with Crippen molar-refractivity contribution >= 4 is 26.8 Å². The molecule has 6 heteroatoms. The van der Waals surface area contributed by atoms with Gasteiger partial charge in [0.2, 0.25) is 5.76 Å². The maximum atomic E-state index is 12.4. The Hall–Kier alpha value is -1.04. The van der Waals surface area contributed by atoms with Gasteiger partial charge in [0.1, 0.15) is 5.52 Å². The van der Waals surface area contributed by atoms with Crippen molar-refractivity contribution < 1.29 is 17.7 Å². The molecule has 0 aliphatic carbocycles. The van der Waals surface area contributed by atoms with Gasteiger partial charge in [-0.25, -0.2) is 0 Å². The molecule has 0 radical (unpaired) electrons. The van der Waals surface area contributed by atoms with E-state index in [0.717, 1.165) is 0 Å². The summed E-state index contributed by atoms with van der Waals surface area (Å²) in [5.74, 6) is -1.04. The van der Waals surface area contributed by atoms with Crippen molar-refractivity contribution in [1.29, 1.82) is 0 Å². The van der Waals surface area contributed by atoms with E-state index in [0.29, 0.717) is 10.9 Å². The highest BCUT2D eigenvalue weighted by Gasteiger charge is 2.38. The highest BCUT2D eigenvalue weighted by molar-refractivity contribution is 9.08. The second-order valence-electron chi connectivity index (χ2n) is 2.96. The number of aromatic nitrogens is 1. The highest BCUT2D eigenvalue weighted by atomic mass is 79.9. The van der Waals surface area contributed by atoms with Crippen LogP contribution in [0.5, 0.6) is 0 Å². The Labute approximate surface area is 91.2 Å². The first-order chi connectivity index (χ1) is 7.04. The molecule has 0 N–H and O–H groups in total. The van der Waals surface area contributed by atoms with Crippen LogP contribution in [0.25, 0.3) is 10.9 Å². The van der Waals surface area contributed by atoms with Crippen LogP contribution < -0.4 is 0 Å². The molecule has 0 atom stereocenters. The zero-order valence-corrected chi connectivity index (χ0v) is 8.89. The fraction of sp³-hybridized carbons (Fsp3) is 0.222. The largest absolute Gasteiger partial charge is 0.453 e. The lowest BCUT2D eigenvalue weighted by molar-refractivity contribution is -0.154. The van der Waals surface area contributed by atoms with Crippen molar-refractivity contribution in [3.8, 4) is 0 Å². The number of benzene rings is 1. The van der Waals surface area contributed by atoms with Crippen LogP contribution in [0, 0.1) is 0 Å². The van der Waals surface area contributed by atoms with Crippen molar-refractivity contribution in [3.63, 3.8) is 0 Å². The van der Waals surface area contributed by atoms with Crippen LogP contribution in [0.1, 0.15) is 11.3 Å². The SMILES string of the molecule is FC(F)(F)c1onc2c(CBr)cccc12. The Bertz CT molecular complexity index is 492. The van der Waals surface area contributed by atoms with Gasteiger partial charge in [0, 0.05) is 5.33 Å². The number of alkyl halides is 4. The van der Waals surface area contributed by atoms with Gasteiger partial charge in [0.05, 0.1) is 5.39 Å². The van der Waals surface area contributed by atoms with E-state index in [1.807, 2.05) is 0 Å². The van der Waals surface area contributed by atoms with Crippen molar-refractivity contribution in [2.24, 2.45) is 0 Å². The van der Waals surface area contributed by atoms with Gasteiger partial charge < -0.3 is 4.52 Å². The molecule has 80 valence electrons.